The standard InChI is InChI=1S/C20H24F3N3O2/c1-24-19(26-13-14-5-4-6-16(11-14)20(21,22)23)25-10-9-15-12-17(27-2)7-8-18(15)28-3/h4-8,11-12H,9-10,13H2,1-3H3,(H2,24,25,26). The van der Waals surface area contributed by atoms with Crippen molar-refractivity contribution in [1.82, 2.24) is 10.6 Å². The summed E-state index contributed by atoms with van der Waals surface area (Å²) in [4.78, 5) is 4.10. The van der Waals surface area contributed by atoms with E-state index in [0.717, 1.165) is 29.2 Å². The van der Waals surface area contributed by atoms with Gasteiger partial charge in [-0.25, -0.2) is 0 Å². The molecule has 0 unspecified atom stereocenters. The van der Waals surface area contributed by atoms with Gasteiger partial charge in [0, 0.05) is 20.1 Å². The first kappa shape index (κ1) is 21.4. The second-order valence-electron chi connectivity index (χ2n) is 5.98. The molecule has 0 aliphatic rings. The fraction of sp³-hybridized carbons (Fsp3) is 0.350. The number of guanidine groups is 1. The summed E-state index contributed by atoms with van der Waals surface area (Å²) >= 11 is 0. The molecule has 0 aliphatic heterocycles. The van der Waals surface area contributed by atoms with E-state index in [0.29, 0.717) is 24.5 Å². The minimum atomic E-state index is -4.36. The molecule has 0 aliphatic carbocycles. The lowest BCUT2D eigenvalue weighted by Crippen LogP contribution is -2.37. The number of nitrogens with zero attached hydrogens (tertiary/aromatic N) is 1. The maximum atomic E-state index is 12.8. The first-order chi connectivity index (χ1) is 13.4. The Morgan fingerprint density at radius 3 is 2.46 bits per heavy atom. The number of alkyl halides is 3. The molecule has 0 atom stereocenters. The van der Waals surface area contributed by atoms with E-state index in [-0.39, 0.29) is 6.54 Å². The quantitative estimate of drug-likeness (QED) is 0.555. The summed E-state index contributed by atoms with van der Waals surface area (Å²) < 4.78 is 49.0. The van der Waals surface area contributed by atoms with Crippen LogP contribution in [0.15, 0.2) is 47.5 Å². The van der Waals surface area contributed by atoms with Crippen molar-refractivity contribution in [3.63, 3.8) is 0 Å². The lowest BCUT2D eigenvalue weighted by molar-refractivity contribution is -0.137. The molecule has 5 nitrogen and oxygen atoms in total. The number of methoxy groups -OCH3 is 2. The summed E-state index contributed by atoms with van der Waals surface area (Å²) in [6.45, 7) is 0.790. The molecule has 0 saturated carbocycles. The molecule has 0 spiro atoms. The third kappa shape index (κ3) is 6.07. The van der Waals surface area contributed by atoms with E-state index in [1.807, 2.05) is 18.2 Å². The van der Waals surface area contributed by atoms with E-state index in [4.69, 9.17) is 9.47 Å². The molecule has 0 saturated heterocycles. The van der Waals surface area contributed by atoms with Crippen molar-refractivity contribution in [1.29, 1.82) is 0 Å². The van der Waals surface area contributed by atoms with Crippen LogP contribution in [0.2, 0.25) is 0 Å². The summed E-state index contributed by atoms with van der Waals surface area (Å²) in [6, 6.07) is 10.8. The number of hydrogen-bond donors (Lipinski definition) is 2. The molecule has 0 amide bonds. The summed E-state index contributed by atoms with van der Waals surface area (Å²) in [5.74, 6) is 2.00. The Balaban J connectivity index is 1.91. The third-order valence-electron chi connectivity index (χ3n) is 4.11. The number of rotatable bonds is 7. The zero-order valence-electron chi connectivity index (χ0n) is 16.1. The van der Waals surface area contributed by atoms with Gasteiger partial charge in [-0.1, -0.05) is 12.1 Å². The maximum absolute atomic E-state index is 12.8. The first-order valence-electron chi connectivity index (χ1n) is 8.69. The van der Waals surface area contributed by atoms with E-state index >= 15 is 0 Å². The summed E-state index contributed by atoms with van der Waals surface area (Å²) in [5.41, 5.74) is 0.829. The largest absolute Gasteiger partial charge is 0.497 e. The van der Waals surface area contributed by atoms with Gasteiger partial charge in [0.25, 0.3) is 0 Å². The average Bonchev–Trinajstić information content (AvgIpc) is 2.69. The molecule has 0 bridgehead atoms. The number of aliphatic imine (C=N–C) groups is 1. The molecule has 0 aromatic heterocycles. The number of nitrogens with one attached hydrogen (secondary N) is 2. The van der Waals surface area contributed by atoms with Crippen LogP contribution in [0.25, 0.3) is 0 Å². The second-order valence-corrected chi connectivity index (χ2v) is 5.98. The fourth-order valence-corrected chi connectivity index (χ4v) is 2.66. The molecule has 2 aromatic rings. The van der Waals surface area contributed by atoms with Gasteiger partial charge in [-0.2, -0.15) is 13.2 Å². The highest BCUT2D eigenvalue weighted by molar-refractivity contribution is 5.79. The molecular formula is C20H24F3N3O2. The predicted molar refractivity (Wildman–Crippen MR) is 103 cm³/mol. The Bertz CT molecular complexity index is 808. The summed E-state index contributed by atoms with van der Waals surface area (Å²) in [6.07, 6.45) is -3.70. The minimum absolute atomic E-state index is 0.228. The first-order valence-corrected chi connectivity index (χ1v) is 8.69. The molecule has 28 heavy (non-hydrogen) atoms. The highest BCUT2D eigenvalue weighted by Gasteiger charge is 2.30. The fourth-order valence-electron chi connectivity index (χ4n) is 2.66. The van der Waals surface area contributed by atoms with Crippen LogP contribution in [0.3, 0.4) is 0 Å². The van der Waals surface area contributed by atoms with Gasteiger partial charge in [-0.05, 0) is 47.9 Å². The van der Waals surface area contributed by atoms with Gasteiger partial charge in [0.1, 0.15) is 11.5 Å². The van der Waals surface area contributed by atoms with Gasteiger partial charge in [-0.3, -0.25) is 4.99 Å². The zero-order valence-corrected chi connectivity index (χ0v) is 16.1. The summed E-state index contributed by atoms with van der Waals surface area (Å²) in [5, 5.41) is 6.16. The van der Waals surface area contributed by atoms with Crippen molar-refractivity contribution in [2.45, 2.75) is 19.1 Å². The molecule has 2 rings (SSSR count). The van der Waals surface area contributed by atoms with Gasteiger partial charge >= 0.3 is 6.18 Å². The van der Waals surface area contributed by atoms with Crippen LogP contribution in [-0.2, 0) is 19.1 Å². The number of hydrogen-bond acceptors (Lipinski definition) is 3. The van der Waals surface area contributed by atoms with Crippen molar-refractivity contribution >= 4 is 5.96 Å². The van der Waals surface area contributed by atoms with Crippen molar-refractivity contribution in [3.8, 4) is 11.5 Å². The van der Waals surface area contributed by atoms with E-state index in [1.54, 1.807) is 27.3 Å². The van der Waals surface area contributed by atoms with E-state index in [2.05, 4.69) is 15.6 Å². The Hall–Kier alpha value is -2.90. The summed E-state index contributed by atoms with van der Waals surface area (Å²) in [7, 11) is 4.81. The van der Waals surface area contributed by atoms with E-state index in [9.17, 15) is 13.2 Å². The highest BCUT2D eigenvalue weighted by Crippen LogP contribution is 2.29. The molecule has 8 heteroatoms. The Kier molecular flexibility index (Phi) is 7.54. The van der Waals surface area contributed by atoms with Crippen LogP contribution >= 0.6 is 0 Å². The van der Waals surface area contributed by atoms with Crippen molar-refractivity contribution < 1.29 is 22.6 Å². The topological polar surface area (TPSA) is 54.9 Å². The Morgan fingerprint density at radius 1 is 1.04 bits per heavy atom. The molecule has 0 radical (unpaired) electrons. The van der Waals surface area contributed by atoms with Crippen molar-refractivity contribution in [2.75, 3.05) is 27.8 Å². The van der Waals surface area contributed by atoms with Crippen LogP contribution in [-0.4, -0.2) is 33.8 Å². The van der Waals surface area contributed by atoms with Crippen molar-refractivity contribution in [3.05, 3.63) is 59.2 Å². The molecule has 152 valence electrons. The zero-order chi connectivity index (χ0) is 20.6. The molecule has 2 aromatic carbocycles. The predicted octanol–water partition coefficient (Wildman–Crippen LogP) is 3.63. The van der Waals surface area contributed by atoms with Crippen molar-refractivity contribution in [2.24, 2.45) is 4.99 Å². The maximum Gasteiger partial charge on any atom is 0.416 e. The van der Waals surface area contributed by atoms with Crippen LogP contribution in [0.1, 0.15) is 16.7 Å². The monoisotopic (exact) mass is 395 g/mol. The van der Waals surface area contributed by atoms with Gasteiger partial charge in [0.2, 0.25) is 0 Å². The van der Waals surface area contributed by atoms with Crippen LogP contribution in [0, 0.1) is 0 Å². The van der Waals surface area contributed by atoms with Crippen LogP contribution in [0.4, 0.5) is 13.2 Å². The highest BCUT2D eigenvalue weighted by atomic mass is 19.4. The number of ether oxygens (including phenoxy) is 2. The second kappa shape index (κ2) is 9.87. The van der Waals surface area contributed by atoms with Crippen LogP contribution < -0.4 is 20.1 Å². The third-order valence-corrected chi connectivity index (χ3v) is 4.11. The Morgan fingerprint density at radius 2 is 1.82 bits per heavy atom. The van der Waals surface area contributed by atoms with Gasteiger partial charge in [0.15, 0.2) is 5.96 Å². The number of halogens is 3. The van der Waals surface area contributed by atoms with Gasteiger partial charge in [0.05, 0.1) is 19.8 Å². The smallest absolute Gasteiger partial charge is 0.416 e. The van der Waals surface area contributed by atoms with Crippen LogP contribution in [0.5, 0.6) is 11.5 Å². The SMILES string of the molecule is CN=C(NCCc1cc(OC)ccc1OC)NCc1cccc(C(F)(F)F)c1. The van der Waals surface area contributed by atoms with Gasteiger partial charge in [-0.15, -0.1) is 0 Å². The molecular weight excluding hydrogens is 371 g/mol. The molecule has 2 N–H and O–H groups in total. The number of benzene rings is 2. The van der Waals surface area contributed by atoms with E-state index in [1.165, 1.54) is 6.07 Å². The lowest BCUT2D eigenvalue weighted by Gasteiger charge is -2.14. The lowest BCUT2D eigenvalue weighted by atomic mass is 10.1. The normalized spacial score (nSPS) is 11.9. The molecule has 0 fully saturated rings. The Labute approximate surface area is 162 Å². The molecule has 0 heterocycles. The van der Waals surface area contributed by atoms with Gasteiger partial charge < -0.3 is 20.1 Å². The minimum Gasteiger partial charge on any atom is -0.497 e. The average molecular weight is 395 g/mol. The van der Waals surface area contributed by atoms with E-state index < -0.39 is 11.7 Å².